The van der Waals surface area contributed by atoms with Crippen LogP contribution in [0.4, 0.5) is 0 Å². The molecule has 4 rings (SSSR count). The molecule has 1 saturated heterocycles. The summed E-state index contributed by atoms with van der Waals surface area (Å²) in [7, 11) is 0. The highest BCUT2D eigenvalue weighted by Gasteiger charge is 2.16. The number of allylic oxidation sites excluding steroid dienone is 1. The molecule has 0 spiro atoms. The maximum absolute atomic E-state index is 12.8. The first-order chi connectivity index (χ1) is 12.8. The van der Waals surface area contributed by atoms with Crippen LogP contribution in [0.2, 0.25) is 0 Å². The van der Waals surface area contributed by atoms with Crippen LogP contribution in [0.5, 0.6) is 0 Å². The van der Waals surface area contributed by atoms with Crippen molar-refractivity contribution in [1.82, 2.24) is 24.1 Å². The van der Waals surface area contributed by atoms with Gasteiger partial charge in [0.1, 0.15) is 0 Å². The lowest BCUT2D eigenvalue weighted by molar-refractivity contribution is 0.242. The van der Waals surface area contributed by atoms with Gasteiger partial charge in [0.05, 0.1) is 10.9 Å². The standard InChI is InChI=1S/C19H23N5OS/c1-2-10-23-17(25)15-8-4-5-9-16(15)24-18(23)20-21-19(24)26-14-13-22-11-6-3-7-12-22/h2,4-5,8-9H,1,3,6-7,10-14H2. The van der Waals surface area contributed by atoms with Gasteiger partial charge in [0, 0.05) is 18.8 Å². The Hall–Kier alpha value is -2.12. The maximum atomic E-state index is 12.8. The van der Waals surface area contributed by atoms with Crippen LogP contribution >= 0.6 is 11.8 Å². The third-order valence-electron chi connectivity index (χ3n) is 4.88. The van der Waals surface area contributed by atoms with Gasteiger partial charge in [-0.05, 0) is 38.1 Å². The molecule has 136 valence electrons. The zero-order valence-electron chi connectivity index (χ0n) is 14.8. The number of rotatable bonds is 6. The number of benzene rings is 1. The normalized spacial score (nSPS) is 15.7. The Morgan fingerprint density at radius 2 is 1.96 bits per heavy atom. The van der Waals surface area contributed by atoms with Crippen molar-refractivity contribution in [3.05, 3.63) is 47.3 Å². The number of hydrogen-bond donors (Lipinski definition) is 0. The first-order valence-corrected chi connectivity index (χ1v) is 10.1. The Morgan fingerprint density at radius 1 is 1.15 bits per heavy atom. The molecule has 3 heterocycles. The summed E-state index contributed by atoms with van der Waals surface area (Å²) in [5.41, 5.74) is 0.809. The maximum Gasteiger partial charge on any atom is 0.263 e. The van der Waals surface area contributed by atoms with Gasteiger partial charge in [0.15, 0.2) is 5.16 Å². The third-order valence-corrected chi connectivity index (χ3v) is 5.79. The van der Waals surface area contributed by atoms with Gasteiger partial charge in [0.25, 0.3) is 5.56 Å². The molecule has 1 aliphatic heterocycles. The second-order valence-electron chi connectivity index (χ2n) is 6.59. The molecular formula is C19H23N5OS. The summed E-state index contributed by atoms with van der Waals surface area (Å²) in [6.07, 6.45) is 5.67. The molecule has 7 heteroatoms. The largest absolute Gasteiger partial charge is 0.303 e. The van der Waals surface area contributed by atoms with E-state index in [4.69, 9.17) is 0 Å². The molecular weight excluding hydrogens is 346 g/mol. The van der Waals surface area contributed by atoms with Crippen LogP contribution in [-0.2, 0) is 6.54 Å². The van der Waals surface area contributed by atoms with Crippen molar-refractivity contribution in [2.75, 3.05) is 25.4 Å². The van der Waals surface area contributed by atoms with Crippen LogP contribution < -0.4 is 5.56 Å². The number of thioether (sulfide) groups is 1. The van der Waals surface area contributed by atoms with Crippen LogP contribution in [0.15, 0.2) is 46.9 Å². The number of nitrogens with zero attached hydrogens (tertiary/aromatic N) is 5. The summed E-state index contributed by atoms with van der Waals surface area (Å²) in [6.45, 7) is 7.64. The van der Waals surface area contributed by atoms with Gasteiger partial charge in [-0.3, -0.25) is 13.8 Å². The Kier molecular flexibility index (Phi) is 5.08. The first kappa shape index (κ1) is 17.3. The lowest BCUT2D eigenvalue weighted by Gasteiger charge is -2.25. The van der Waals surface area contributed by atoms with E-state index in [2.05, 4.69) is 21.7 Å². The molecule has 3 aromatic rings. The molecule has 0 saturated carbocycles. The van der Waals surface area contributed by atoms with E-state index in [1.807, 2.05) is 28.7 Å². The van der Waals surface area contributed by atoms with Gasteiger partial charge in [-0.1, -0.05) is 36.4 Å². The van der Waals surface area contributed by atoms with E-state index in [9.17, 15) is 4.79 Å². The monoisotopic (exact) mass is 369 g/mol. The minimum atomic E-state index is -0.0507. The van der Waals surface area contributed by atoms with Gasteiger partial charge in [-0.25, -0.2) is 0 Å². The van der Waals surface area contributed by atoms with E-state index in [0.717, 1.165) is 23.0 Å². The Labute approximate surface area is 156 Å². The van der Waals surface area contributed by atoms with Crippen molar-refractivity contribution in [3.8, 4) is 0 Å². The van der Waals surface area contributed by atoms with Crippen LogP contribution in [0, 0.1) is 0 Å². The zero-order chi connectivity index (χ0) is 17.9. The van der Waals surface area contributed by atoms with Crippen LogP contribution in [0.1, 0.15) is 19.3 Å². The first-order valence-electron chi connectivity index (χ1n) is 9.12. The molecule has 0 unspecified atom stereocenters. The van der Waals surface area contributed by atoms with Crippen molar-refractivity contribution in [3.63, 3.8) is 0 Å². The smallest absolute Gasteiger partial charge is 0.263 e. The van der Waals surface area contributed by atoms with Gasteiger partial charge >= 0.3 is 0 Å². The van der Waals surface area contributed by atoms with Crippen LogP contribution in [-0.4, -0.2) is 49.5 Å². The molecule has 1 aliphatic rings. The molecule has 0 bridgehead atoms. The van der Waals surface area contributed by atoms with Crippen molar-refractivity contribution in [1.29, 1.82) is 0 Å². The van der Waals surface area contributed by atoms with E-state index in [1.54, 1.807) is 22.4 Å². The predicted molar refractivity (Wildman–Crippen MR) is 106 cm³/mol. The van der Waals surface area contributed by atoms with E-state index in [-0.39, 0.29) is 5.56 Å². The van der Waals surface area contributed by atoms with Crippen LogP contribution in [0.25, 0.3) is 16.7 Å². The average Bonchev–Trinajstić information content (AvgIpc) is 3.10. The van der Waals surface area contributed by atoms with Crippen molar-refractivity contribution in [2.45, 2.75) is 31.0 Å². The predicted octanol–water partition coefficient (Wildman–Crippen LogP) is 2.81. The summed E-state index contributed by atoms with van der Waals surface area (Å²) in [5.74, 6) is 1.55. The average molecular weight is 369 g/mol. The molecule has 1 aromatic carbocycles. The van der Waals surface area contributed by atoms with E-state index >= 15 is 0 Å². The molecule has 1 fully saturated rings. The fourth-order valence-corrected chi connectivity index (χ4v) is 4.51. The van der Waals surface area contributed by atoms with Gasteiger partial charge in [-0.15, -0.1) is 16.8 Å². The van der Waals surface area contributed by atoms with E-state index in [0.29, 0.717) is 17.7 Å². The number of fused-ring (bicyclic) bond motifs is 3. The number of para-hydroxylation sites is 1. The molecule has 6 nitrogen and oxygen atoms in total. The molecule has 0 aliphatic carbocycles. The molecule has 0 radical (unpaired) electrons. The van der Waals surface area contributed by atoms with Gasteiger partial charge in [-0.2, -0.15) is 0 Å². The minimum absolute atomic E-state index is 0.0507. The Balaban J connectivity index is 1.69. The summed E-state index contributed by atoms with van der Waals surface area (Å²) in [4.78, 5) is 15.3. The third kappa shape index (κ3) is 3.17. The fraction of sp³-hybridized carbons (Fsp3) is 0.421. The Morgan fingerprint density at radius 3 is 2.77 bits per heavy atom. The summed E-state index contributed by atoms with van der Waals surface area (Å²) in [6, 6.07) is 7.65. The van der Waals surface area contributed by atoms with Gasteiger partial charge < -0.3 is 4.90 Å². The SMILES string of the molecule is C=CCn1c(=O)c2ccccc2n2c(SCCN3CCCCC3)nnc12. The van der Waals surface area contributed by atoms with E-state index in [1.165, 1.54) is 32.4 Å². The number of piperidine rings is 1. The molecule has 0 amide bonds. The topological polar surface area (TPSA) is 55.4 Å². The second-order valence-corrected chi connectivity index (χ2v) is 7.65. The quantitative estimate of drug-likeness (QED) is 0.494. The fourth-order valence-electron chi connectivity index (χ4n) is 3.57. The minimum Gasteiger partial charge on any atom is -0.303 e. The van der Waals surface area contributed by atoms with E-state index < -0.39 is 0 Å². The summed E-state index contributed by atoms with van der Waals surface area (Å²) >= 11 is 1.70. The lowest BCUT2D eigenvalue weighted by Crippen LogP contribution is -2.31. The molecule has 2 aromatic heterocycles. The second kappa shape index (κ2) is 7.63. The number of aromatic nitrogens is 4. The summed E-state index contributed by atoms with van der Waals surface area (Å²) < 4.78 is 3.64. The molecule has 26 heavy (non-hydrogen) atoms. The lowest BCUT2D eigenvalue weighted by atomic mass is 10.1. The highest BCUT2D eigenvalue weighted by Crippen LogP contribution is 2.22. The Bertz CT molecular complexity index is 987. The highest BCUT2D eigenvalue weighted by atomic mass is 32.2. The van der Waals surface area contributed by atoms with Crippen LogP contribution in [0.3, 0.4) is 0 Å². The van der Waals surface area contributed by atoms with Gasteiger partial charge in [0.2, 0.25) is 5.78 Å². The van der Waals surface area contributed by atoms with Crippen molar-refractivity contribution >= 4 is 28.4 Å². The number of hydrogen-bond acceptors (Lipinski definition) is 5. The molecule has 0 atom stereocenters. The zero-order valence-corrected chi connectivity index (χ0v) is 15.6. The number of likely N-dealkylation sites (tertiary alicyclic amines) is 1. The van der Waals surface area contributed by atoms with Crippen molar-refractivity contribution < 1.29 is 0 Å². The summed E-state index contributed by atoms with van der Waals surface area (Å²) in [5, 5.41) is 10.2. The van der Waals surface area contributed by atoms with Crippen molar-refractivity contribution in [2.24, 2.45) is 0 Å². The highest BCUT2D eigenvalue weighted by molar-refractivity contribution is 7.99. The molecule has 0 N–H and O–H groups in total.